The van der Waals surface area contributed by atoms with Crippen molar-refractivity contribution in [2.45, 2.75) is 19.0 Å². The second kappa shape index (κ2) is 9.70. The molecule has 0 amide bonds. The third-order valence-corrected chi connectivity index (χ3v) is 3.19. The van der Waals surface area contributed by atoms with Crippen LogP contribution in [-0.4, -0.2) is 27.2 Å². The zero-order valence-corrected chi connectivity index (χ0v) is 14.3. The third kappa shape index (κ3) is 6.67. The van der Waals surface area contributed by atoms with Gasteiger partial charge in [0.05, 0.1) is 6.04 Å². The number of nitrogens with zero attached hydrogens (tertiary/aromatic N) is 1. The smallest absolute Gasteiger partial charge is 0.396 e. The lowest BCUT2D eigenvalue weighted by atomic mass is 10.0. The quantitative estimate of drug-likeness (QED) is 0.383. The van der Waals surface area contributed by atoms with E-state index in [4.69, 9.17) is 16.0 Å². The zero-order chi connectivity index (χ0) is 16.5. The molecular weight excluding hydrogens is 399 g/mol. The van der Waals surface area contributed by atoms with Crippen LogP contribution in [0, 0.1) is 0 Å². The number of carbonyl (C=O) groups excluding carboxylic acids is 1. The lowest BCUT2D eigenvalue weighted by molar-refractivity contribution is -1.63. The molecular formula is C15H19IN2O4. The maximum Gasteiger partial charge on any atom is 0.503 e. The Labute approximate surface area is 138 Å². The highest BCUT2D eigenvalue weighted by Gasteiger charge is 2.16. The molecule has 0 aliphatic carbocycles. The molecule has 0 spiro atoms. The van der Waals surface area contributed by atoms with E-state index in [1.165, 1.54) is 0 Å². The molecule has 0 saturated carbocycles. The Morgan fingerprint density at radius 2 is 1.91 bits per heavy atom. The van der Waals surface area contributed by atoms with Crippen LogP contribution in [0.5, 0.6) is 0 Å². The van der Waals surface area contributed by atoms with Crippen LogP contribution < -0.4 is 33.7 Å². The number of Topliss-reactive ketones (excluding diaryl/α,β-unsaturated/α-hetero) is 1. The Morgan fingerprint density at radius 1 is 1.32 bits per heavy atom. The minimum atomic E-state index is -3.76. The van der Waals surface area contributed by atoms with Gasteiger partial charge < -0.3 is 17.5 Å². The lowest BCUT2D eigenvalue weighted by Gasteiger charge is -2.25. The summed E-state index contributed by atoms with van der Waals surface area (Å²) in [7, 11) is 1.98. The maximum absolute atomic E-state index is 12.1. The molecule has 1 aromatic carbocycles. The van der Waals surface area contributed by atoms with Gasteiger partial charge in [-0.25, -0.2) is 0 Å². The largest absolute Gasteiger partial charge is 0.503 e. The molecule has 1 aliphatic heterocycles. The van der Waals surface area contributed by atoms with Gasteiger partial charge in [-0.2, -0.15) is 0 Å². The first-order valence-corrected chi connectivity index (χ1v) is 9.30. The van der Waals surface area contributed by atoms with Crippen molar-refractivity contribution < 1.29 is 36.2 Å². The van der Waals surface area contributed by atoms with Gasteiger partial charge in [-0.15, -0.1) is 0 Å². The summed E-state index contributed by atoms with van der Waals surface area (Å²) in [5.74, 6) is 0.162. The van der Waals surface area contributed by atoms with E-state index in [-0.39, 0.29) is 11.8 Å². The van der Waals surface area contributed by atoms with Gasteiger partial charge in [0.15, 0.2) is 5.78 Å². The number of allylic oxidation sites excluding steroid dienone is 2. The molecule has 3 N–H and O–H groups in total. The molecule has 1 aliphatic rings. The van der Waals surface area contributed by atoms with Crippen molar-refractivity contribution >= 4 is 5.78 Å². The minimum Gasteiger partial charge on any atom is -0.396 e. The van der Waals surface area contributed by atoms with Gasteiger partial charge in [0.2, 0.25) is 0 Å². The molecule has 120 valence electrons. The average molecular weight is 418 g/mol. The maximum atomic E-state index is 12.1. The summed E-state index contributed by atoms with van der Waals surface area (Å²) in [4.78, 5) is 14.2. The van der Waals surface area contributed by atoms with Crippen LogP contribution in [0.1, 0.15) is 22.3 Å². The van der Waals surface area contributed by atoms with E-state index in [1.807, 2.05) is 60.6 Å². The van der Waals surface area contributed by atoms with Gasteiger partial charge >= 0.3 is 21.1 Å². The van der Waals surface area contributed by atoms with Gasteiger partial charge in [0.25, 0.3) is 0 Å². The number of ketones is 1. The molecule has 7 heteroatoms. The second-order valence-electron chi connectivity index (χ2n) is 4.69. The van der Waals surface area contributed by atoms with E-state index in [0.29, 0.717) is 13.0 Å². The van der Waals surface area contributed by atoms with Crippen LogP contribution >= 0.6 is 0 Å². The molecule has 1 aromatic rings. The normalized spacial score (nSPS) is 16.5. The number of likely N-dealkylation sites (N-methyl/N-ethyl adjacent to an activating group) is 1. The Bertz CT molecular complexity index is 526. The highest BCUT2D eigenvalue weighted by Crippen LogP contribution is 2.14. The van der Waals surface area contributed by atoms with Gasteiger partial charge in [-0.1, -0.05) is 36.4 Å². The number of benzene rings is 1. The number of halogens is 1. The molecule has 22 heavy (non-hydrogen) atoms. The molecule has 0 bridgehead atoms. The second-order valence-corrected chi connectivity index (χ2v) is 5.84. The average Bonchev–Trinajstić information content (AvgIpc) is 2.49. The van der Waals surface area contributed by atoms with Crippen molar-refractivity contribution in [1.29, 1.82) is 0 Å². The molecule has 0 aromatic heterocycles. The summed E-state index contributed by atoms with van der Waals surface area (Å²) < 4.78 is 24.5. The van der Waals surface area contributed by atoms with Crippen molar-refractivity contribution in [3.05, 3.63) is 59.8 Å². The van der Waals surface area contributed by atoms with Crippen molar-refractivity contribution in [2.75, 3.05) is 7.05 Å². The topological polar surface area (TPSA) is 113 Å². The standard InChI is InChI=1S/C15H18N2O.HIO3/c1-17-9-3-2-4-14(17)10-15(18)13-7-5-12(11-16)6-8-13;2-1(3)4/h2-9,14H,10-11,16H2,1H3;2H. The first kappa shape index (κ1) is 18.8. The lowest BCUT2D eigenvalue weighted by Crippen LogP contribution is -3.98. The minimum absolute atomic E-state index is 0.150. The SMILES string of the molecule is CN1C=CC=CC1CC(=O)c1ccc(CN)cc1.[O-][I+2]([O-])O. The summed E-state index contributed by atoms with van der Waals surface area (Å²) in [6.45, 7) is 0.507. The fourth-order valence-electron chi connectivity index (χ4n) is 1.97. The summed E-state index contributed by atoms with van der Waals surface area (Å²) in [5.41, 5.74) is 7.33. The zero-order valence-electron chi connectivity index (χ0n) is 12.2. The summed E-state index contributed by atoms with van der Waals surface area (Å²) in [6.07, 6.45) is 8.48. The van der Waals surface area contributed by atoms with Gasteiger partial charge in [0.1, 0.15) is 0 Å². The third-order valence-electron chi connectivity index (χ3n) is 3.19. The van der Waals surface area contributed by atoms with Crippen LogP contribution in [-0.2, 0) is 6.54 Å². The fraction of sp³-hybridized carbons (Fsp3) is 0.267. The van der Waals surface area contributed by atoms with E-state index < -0.39 is 21.1 Å². The number of nitrogens with two attached hydrogens (primary N) is 1. The summed E-state index contributed by atoms with van der Waals surface area (Å²) >= 11 is -3.76. The van der Waals surface area contributed by atoms with Crippen LogP contribution in [0.4, 0.5) is 0 Å². The van der Waals surface area contributed by atoms with E-state index in [2.05, 4.69) is 0 Å². The van der Waals surface area contributed by atoms with Gasteiger partial charge in [0, 0.05) is 25.6 Å². The highest BCUT2D eigenvalue weighted by atomic mass is 127. The van der Waals surface area contributed by atoms with Crippen LogP contribution in [0.25, 0.3) is 0 Å². The van der Waals surface area contributed by atoms with E-state index in [9.17, 15) is 4.79 Å². The number of hydrogen-bond acceptors (Lipinski definition) is 6. The van der Waals surface area contributed by atoms with Crippen molar-refractivity contribution in [2.24, 2.45) is 5.73 Å². The Hall–Kier alpha value is -1.26. The molecule has 1 heterocycles. The highest BCUT2D eigenvalue weighted by molar-refractivity contribution is 5.96. The van der Waals surface area contributed by atoms with E-state index in [0.717, 1.165) is 11.1 Å². The number of carbonyl (C=O) groups is 1. The Kier molecular flexibility index (Phi) is 8.28. The van der Waals surface area contributed by atoms with Gasteiger partial charge in [-0.05, 0) is 21.3 Å². The first-order chi connectivity index (χ1) is 10.4. The molecule has 0 saturated heterocycles. The first-order valence-electron chi connectivity index (χ1n) is 6.57. The molecule has 2 rings (SSSR count). The predicted octanol–water partition coefficient (Wildman–Crippen LogP) is -3.83. The monoisotopic (exact) mass is 418 g/mol. The van der Waals surface area contributed by atoms with Crippen LogP contribution in [0.2, 0.25) is 0 Å². The van der Waals surface area contributed by atoms with E-state index in [1.54, 1.807) is 0 Å². The predicted molar refractivity (Wildman–Crippen MR) is 75.3 cm³/mol. The van der Waals surface area contributed by atoms with Crippen molar-refractivity contribution in [3.8, 4) is 0 Å². The van der Waals surface area contributed by atoms with Gasteiger partial charge in [-0.3, -0.25) is 4.79 Å². The van der Waals surface area contributed by atoms with E-state index >= 15 is 0 Å². The Balaban J connectivity index is 0.000000541. The molecule has 1 atom stereocenters. The molecule has 0 fully saturated rings. The van der Waals surface area contributed by atoms with Crippen molar-refractivity contribution in [1.82, 2.24) is 4.90 Å². The van der Waals surface area contributed by atoms with Crippen molar-refractivity contribution in [3.63, 3.8) is 0 Å². The van der Waals surface area contributed by atoms with Crippen LogP contribution in [0.3, 0.4) is 0 Å². The summed E-state index contributed by atoms with van der Waals surface area (Å²) in [5, 5.41) is 0. The fourth-order valence-corrected chi connectivity index (χ4v) is 1.97. The number of rotatable bonds is 4. The Morgan fingerprint density at radius 3 is 2.41 bits per heavy atom. The van der Waals surface area contributed by atoms with Crippen LogP contribution in [0.15, 0.2) is 48.7 Å². The molecule has 0 radical (unpaired) electrons. The molecule has 6 nitrogen and oxygen atoms in total. The summed E-state index contributed by atoms with van der Waals surface area (Å²) in [6, 6.07) is 7.68. The number of hydrogen-bond donors (Lipinski definition) is 2. The molecule has 1 unspecified atom stereocenters.